The summed E-state index contributed by atoms with van der Waals surface area (Å²) in [7, 11) is 0. The van der Waals surface area contributed by atoms with E-state index in [1.807, 2.05) is 31.2 Å². The maximum absolute atomic E-state index is 12.2. The number of hydrogen-bond acceptors (Lipinski definition) is 2. The molecule has 2 aromatic carbocycles. The average molecular weight is 347 g/mol. The van der Waals surface area contributed by atoms with Gasteiger partial charge in [-0.2, -0.15) is 0 Å². The summed E-state index contributed by atoms with van der Waals surface area (Å²) in [5.41, 5.74) is 7.03. The highest BCUT2D eigenvalue weighted by Gasteiger charge is 2.13. The van der Waals surface area contributed by atoms with Crippen LogP contribution in [-0.2, 0) is 0 Å². The maximum atomic E-state index is 12.2. The lowest BCUT2D eigenvalue weighted by Crippen LogP contribution is -2.27. The van der Waals surface area contributed by atoms with Crippen molar-refractivity contribution in [1.29, 1.82) is 0 Å². The predicted octanol–water partition coefficient (Wildman–Crippen LogP) is 3.04. The van der Waals surface area contributed by atoms with Crippen LogP contribution in [0.5, 0.6) is 0 Å². The predicted molar refractivity (Wildman–Crippen MR) is 85.0 cm³/mol. The van der Waals surface area contributed by atoms with E-state index >= 15 is 0 Å². The molecule has 4 nitrogen and oxygen atoms in total. The van der Waals surface area contributed by atoms with E-state index in [4.69, 9.17) is 5.73 Å². The Hall–Kier alpha value is -2.14. The van der Waals surface area contributed by atoms with E-state index in [1.165, 1.54) is 0 Å². The van der Waals surface area contributed by atoms with Crippen LogP contribution in [0.2, 0.25) is 0 Å². The summed E-state index contributed by atoms with van der Waals surface area (Å²) >= 11 is 3.47. The molecule has 0 aromatic heterocycles. The van der Waals surface area contributed by atoms with Crippen molar-refractivity contribution in [1.82, 2.24) is 5.32 Å². The van der Waals surface area contributed by atoms with E-state index in [0.717, 1.165) is 10.0 Å². The van der Waals surface area contributed by atoms with Crippen LogP contribution in [-0.4, -0.2) is 11.8 Å². The lowest BCUT2D eigenvalue weighted by Gasteiger charge is -2.16. The molecule has 0 radical (unpaired) electrons. The minimum absolute atomic E-state index is 0.135. The summed E-state index contributed by atoms with van der Waals surface area (Å²) in [5.74, 6) is -0.710. The van der Waals surface area contributed by atoms with Gasteiger partial charge in [0.25, 0.3) is 5.91 Å². The third-order valence-corrected chi connectivity index (χ3v) is 3.87. The maximum Gasteiger partial charge on any atom is 0.251 e. The van der Waals surface area contributed by atoms with Gasteiger partial charge in [-0.15, -0.1) is 0 Å². The van der Waals surface area contributed by atoms with E-state index in [2.05, 4.69) is 21.2 Å². The first-order valence-corrected chi connectivity index (χ1v) is 7.23. The van der Waals surface area contributed by atoms with Crippen LogP contribution in [0.3, 0.4) is 0 Å². The van der Waals surface area contributed by atoms with E-state index in [9.17, 15) is 9.59 Å². The number of nitrogens with two attached hydrogens (primary N) is 1. The lowest BCUT2D eigenvalue weighted by molar-refractivity contribution is 0.0937. The summed E-state index contributed by atoms with van der Waals surface area (Å²) in [6, 6.07) is 13.8. The monoisotopic (exact) mass is 346 g/mol. The number of hydrogen-bond donors (Lipinski definition) is 2. The third-order valence-electron chi connectivity index (χ3n) is 3.15. The quantitative estimate of drug-likeness (QED) is 0.892. The summed E-state index contributed by atoms with van der Waals surface area (Å²) in [5, 5.41) is 2.92. The number of nitrogens with one attached hydrogen (secondary N) is 1. The standard InChI is InChI=1S/C16H15BrN2O2/c1-10(13-4-2-3-5-14(13)17)19-16(21)12-8-6-11(7-9-12)15(18)20/h2-10H,1H3,(H2,18,20)(H,19,21)/t10-/m1/s1. The van der Waals surface area contributed by atoms with E-state index in [0.29, 0.717) is 11.1 Å². The molecule has 0 spiro atoms. The van der Waals surface area contributed by atoms with Gasteiger partial charge in [-0.25, -0.2) is 0 Å². The van der Waals surface area contributed by atoms with Gasteiger partial charge >= 0.3 is 0 Å². The van der Waals surface area contributed by atoms with Crippen LogP contribution in [0.4, 0.5) is 0 Å². The number of carbonyl (C=O) groups excluding carboxylic acids is 2. The minimum atomic E-state index is -0.511. The van der Waals surface area contributed by atoms with Crippen molar-refractivity contribution in [2.24, 2.45) is 5.73 Å². The van der Waals surface area contributed by atoms with Gasteiger partial charge in [0, 0.05) is 15.6 Å². The van der Waals surface area contributed by atoms with Gasteiger partial charge in [0.15, 0.2) is 0 Å². The number of amides is 2. The van der Waals surface area contributed by atoms with E-state index in [1.54, 1.807) is 24.3 Å². The number of halogens is 1. The Kier molecular flexibility index (Phi) is 4.75. The van der Waals surface area contributed by atoms with Gasteiger partial charge in [0.05, 0.1) is 6.04 Å². The van der Waals surface area contributed by atoms with E-state index < -0.39 is 5.91 Å². The molecular weight excluding hydrogens is 332 g/mol. The molecule has 0 fully saturated rings. The summed E-state index contributed by atoms with van der Waals surface area (Å²) in [6.07, 6.45) is 0. The van der Waals surface area contributed by atoms with Crippen LogP contribution in [0, 0.1) is 0 Å². The van der Waals surface area contributed by atoms with Crippen LogP contribution in [0.25, 0.3) is 0 Å². The first-order chi connectivity index (χ1) is 9.99. The topological polar surface area (TPSA) is 72.2 Å². The Balaban J connectivity index is 2.11. The third kappa shape index (κ3) is 3.70. The molecule has 0 aliphatic heterocycles. The number of primary amides is 1. The average Bonchev–Trinajstić information content (AvgIpc) is 2.47. The first-order valence-electron chi connectivity index (χ1n) is 6.44. The van der Waals surface area contributed by atoms with Crippen LogP contribution in [0.15, 0.2) is 53.0 Å². The second kappa shape index (κ2) is 6.54. The molecule has 2 amide bonds. The zero-order chi connectivity index (χ0) is 15.4. The molecule has 0 aliphatic rings. The molecule has 0 aliphatic carbocycles. The molecule has 2 aromatic rings. The van der Waals surface area contributed by atoms with Crippen LogP contribution in [0.1, 0.15) is 39.2 Å². The van der Waals surface area contributed by atoms with Crippen molar-refractivity contribution >= 4 is 27.7 Å². The number of benzene rings is 2. The molecule has 0 heterocycles. The Labute approximate surface area is 131 Å². The zero-order valence-corrected chi connectivity index (χ0v) is 13.1. The fourth-order valence-corrected chi connectivity index (χ4v) is 2.60. The molecule has 1 atom stereocenters. The fraction of sp³-hybridized carbons (Fsp3) is 0.125. The zero-order valence-electron chi connectivity index (χ0n) is 11.5. The largest absolute Gasteiger partial charge is 0.366 e. The molecule has 0 saturated heterocycles. The number of rotatable bonds is 4. The van der Waals surface area contributed by atoms with Crippen molar-refractivity contribution < 1.29 is 9.59 Å². The van der Waals surface area contributed by atoms with Gasteiger partial charge < -0.3 is 11.1 Å². The number of carbonyl (C=O) groups is 2. The SMILES string of the molecule is C[C@@H](NC(=O)c1ccc(C(N)=O)cc1)c1ccccc1Br. The summed E-state index contributed by atoms with van der Waals surface area (Å²) < 4.78 is 0.946. The van der Waals surface area contributed by atoms with Crippen molar-refractivity contribution in [3.63, 3.8) is 0 Å². The second-order valence-corrected chi connectivity index (χ2v) is 5.51. The minimum Gasteiger partial charge on any atom is -0.366 e. The molecule has 3 N–H and O–H groups in total. The molecular formula is C16H15BrN2O2. The van der Waals surface area contributed by atoms with Crippen molar-refractivity contribution in [2.75, 3.05) is 0 Å². The molecule has 2 rings (SSSR count). The lowest BCUT2D eigenvalue weighted by atomic mass is 10.1. The Morgan fingerprint density at radius 1 is 1.05 bits per heavy atom. The fourth-order valence-electron chi connectivity index (χ4n) is 1.97. The van der Waals surface area contributed by atoms with Gasteiger partial charge in [-0.1, -0.05) is 34.1 Å². The van der Waals surface area contributed by atoms with Crippen molar-refractivity contribution in [3.8, 4) is 0 Å². The Bertz CT molecular complexity index is 668. The Morgan fingerprint density at radius 3 is 2.19 bits per heavy atom. The van der Waals surface area contributed by atoms with Crippen LogP contribution >= 0.6 is 15.9 Å². The molecule has 21 heavy (non-hydrogen) atoms. The first kappa shape index (κ1) is 15.3. The van der Waals surface area contributed by atoms with Gasteiger partial charge in [0.2, 0.25) is 5.91 Å². The van der Waals surface area contributed by atoms with E-state index in [-0.39, 0.29) is 11.9 Å². The van der Waals surface area contributed by atoms with Crippen molar-refractivity contribution in [3.05, 3.63) is 69.7 Å². The summed E-state index contributed by atoms with van der Waals surface area (Å²) in [6.45, 7) is 1.91. The second-order valence-electron chi connectivity index (χ2n) is 4.66. The van der Waals surface area contributed by atoms with Crippen molar-refractivity contribution in [2.45, 2.75) is 13.0 Å². The highest BCUT2D eigenvalue weighted by atomic mass is 79.9. The smallest absolute Gasteiger partial charge is 0.251 e. The van der Waals surface area contributed by atoms with Gasteiger partial charge in [0.1, 0.15) is 0 Å². The Morgan fingerprint density at radius 2 is 1.62 bits per heavy atom. The van der Waals surface area contributed by atoms with Gasteiger partial charge in [-0.05, 0) is 42.8 Å². The normalized spacial score (nSPS) is 11.7. The molecule has 108 valence electrons. The highest BCUT2D eigenvalue weighted by Crippen LogP contribution is 2.23. The highest BCUT2D eigenvalue weighted by molar-refractivity contribution is 9.10. The van der Waals surface area contributed by atoms with Gasteiger partial charge in [-0.3, -0.25) is 9.59 Å². The molecule has 0 saturated carbocycles. The summed E-state index contributed by atoms with van der Waals surface area (Å²) in [4.78, 5) is 23.2. The van der Waals surface area contributed by atoms with Crippen LogP contribution < -0.4 is 11.1 Å². The molecule has 0 unspecified atom stereocenters. The molecule has 0 bridgehead atoms. The molecule has 5 heteroatoms.